The number of rotatable bonds is 4. The van der Waals surface area contributed by atoms with Gasteiger partial charge in [0.1, 0.15) is 5.82 Å². The van der Waals surface area contributed by atoms with Crippen molar-refractivity contribution in [3.05, 3.63) is 23.9 Å². The van der Waals surface area contributed by atoms with E-state index in [2.05, 4.69) is 4.98 Å². The van der Waals surface area contributed by atoms with Gasteiger partial charge in [-0.25, -0.2) is 4.98 Å². The zero-order valence-corrected chi connectivity index (χ0v) is 8.98. The van der Waals surface area contributed by atoms with Crippen LogP contribution in [0.4, 0.5) is 5.82 Å². The molecule has 82 valence electrons. The number of nitrogens with two attached hydrogens (primary N) is 1. The summed E-state index contributed by atoms with van der Waals surface area (Å²) in [6.45, 7) is 0.951. The Bertz CT molecular complexity index is 308. The summed E-state index contributed by atoms with van der Waals surface area (Å²) in [6, 6.07) is 3.99. The van der Waals surface area contributed by atoms with Crippen LogP contribution in [0, 0.1) is 0 Å². The second-order valence-corrected chi connectivity index (χ2v) is 4.12. The van der Waals surface area contributed by atoms with E-state index in [9.17, 15) is 0 Å². The molecule has 3 heteroatoms. The van der Waals surface area contributed by atoms with Crippen molar-refractivity contribution in [3.8, 4) is 0 Å². The Morgan fingerprint density at radius 3 is 3.20 bits per heavy atom. The van der Waals surface area contributed by atoms with Crippen LogP contribution in [0.25, 0.3) is 0 Å². The highest BCUT2D eigenvalue weighted by Gasteiger charge is 2.14. The summed E-state index contributed by atoms with van der Waals surface area (Å²) in [5.41, 5.74) is 6.89. The fourth-order valence-corrected chi connectivity index (χ4v) is 2.06. The van der Waals surface area contributed by atoms with E-state index < -0.39 is 0 Å². The summed E-state index contributed by atoms with van der Waals surface area (Å²) in [5.74, 6) is 0.615. The second kappa shape index (κ2) is 5.12. The molecule has 1 fully saturated rings. The van der Waals surface area contributed by atoms with Crippen molar-refractivity contribution in [1.29, 1.82) is 0 Å². The largest absolute Gasteiger partial charge is 0.384 e. The molecule has 0 radical (unpaired) electrons. The van der Waals surface area contributed by atoms with E-state index in [1.165, 1.54) is 31.2 Å². The number of pyridine rings is 1. The molecule has 0 spiro atoms. The monoisotopic (exact) mass is 206 g/mol. The first-order chi connectivity index (χ1) is 7.34. The molecule has 1 aromatic heterocycles. The van der Waals surface area contributed by atoms with Crippen LogP contribution in [0.15, 0.2) is 18.3 Å². The summed E-state index contributed by atoms with van der Waals surface area (Å²) in [7, 11) is 0. The van der Waals surface area contributed by atoms with Crippen molar-refractivity contribution in [1.82, 2.24) is 4.98 Å². The van der Waals surface area contributed by atoms with Gasteiger partial charge in [-0.1, -0.05) is 0 Å². The molecule has 0 bridgehead atoms. The number of hydrogen-bond donors (Lipinski definition) is 1. The number of nitrogens with zero attached hydrogens (tertiary/aromatic N) is 1. The molecule has 1 saturated heterocycles. The van der Waals surface area contributed by atoms with Gasteiger partial charge in [0.2, 0.25) is 0 Å². The Labute approximate surface area is 90.7 Å². The molecule has 1 atom stereocenters. The lowest BCUT2D eigenvalue weighted by atomic mass is 10.1. The first kappa shape index (κ1) is 10.4. The molecule has 0 aliphatic carbocycles. The molecule has 0 aromatic carbocycles. The SMILES string of the molecule is Nc1cc(CCCC2CCCO2)ccn1. The van der Waals surface area contributed by atoms with Gasteiger partial charge in [-0.3, -0.25) is 0 Å². The van der Waals surface area contributed by atoms with Gasteiger partial charge in [-0.05, 0) is 49.8 Å². The van der Waals surface area contributed by atoms with Crippen LogP contribution in [0.5, 0.6) is 0 Å². The molecule has 2 rings (SSSR count). The van der Waals surface area contributed by atoms with E-state index in [1.807, 2.05) is 12.1 Å². The predicted octanol–water partition coefficient (Wildman–Crippen LogP) is 2.17. The maximum Gasteiger partial charge on any atom is 0.123 e. The van der Waals surface area contributed by atoms with Crippen molar-refractivity contribution in [3.63, 3.8) is 0 Å². The van der Waals surface area contributed by atoms with Crippen molar-refractivity contribution < 1.29 is 4.74 Å². The Morgan fingerprint density at radius 1 is 1.53 bits per heavy atom. The van der Waals surface area contributed by atoms with E-state index in [0.717, 1.165) is 13.0 Å². The van der Waals surface area contributed by atoms with Gasteiger partial charge in [0.25, 0.3) is 0 Å². The zero-order valence-electron chi connectivity index (χ0n) is 8.98. The zero-order chi connectivity index (χ0) is 10.5. The van der Waals surface area contributed by atoms with E-state index in [-0.39, 0.29) is 0 Å². The molecule has 3 nitrogen and oxygen atoms in total. The lowest BCUT2D eigenvalue weighted by molar-refractivity contribution is 0.102. The lowest BCUT2D eigenvalue weighted by Gasteiger charge is -2.08. The Morgan fingerprint density at radius 2 is 2.47 bits per heavy atom. The van der Waals surface area contributed by atoms with Crippen LogP contribution in [-0.4, -0.2) is 17.7 Å². The fraction of sp³-hybridized carbons (Fsp3) is 0.583. The van der Waals surface area contributed by atoms with Crippen LogP contribution in [-0.2, 0) is 11.2 Å². The van der Waals surface area contributed by atoms with Gasteiger partial charge in [0.05, 0.1) is 6.10 Å². The average molecular weight is 206 g/mol. The van der Waals surface area contributed by atoms with E-state index >= 15 is 0 Å². The van der Waals surface area contributed by atoms with Crippen LogP contribution in [0.1, 0.15) is 31.2 Å². The molecule has 1 aromatic rings. The lowest BCUT2D eigenvalue weighted by Crippen LogP contribution is -2.05. The minimum atomic E-state index is 0.504. The number of nitrogen functional groups attached to an aromatic ring is 1. The molecule has 2 N–H and O–H groups in total. The summed E-state index contributed by atoms with van der Waals surface area (Å²) in [4.78, 5) is 3.98. The van der Waals surface area contributed by atoms with E-state index in [0.29, 0.717) is 11.9 Å². The highest BCUT2D eigenvalue weighted by atomic mass is 16.5. The molecule has 1 aliphatic rings. The minimum Gasteiger partial charge on any atom is -0.384 e. The third-order valence-electron chi connectivity index (χ3n) is 2.86. The average Bonchev–Trinajstić information content (AvgIpc) is 2.71. The fourth-order valence-electron chi connectivity index (χ4n) is 2.06. The summed E-state index contributed by atoms with van der Waals surface area (Å²) >= 11 is 0. The highest BCUT2D eigenvalue weighted by molar-refractivity contribution is 5.31. The quantitative estimate of drug-likeness (QED) is 0.821. The van der Waals surface area contributed by atoms with Crippen molar-refractivity contribution in [2.45, 2.75) is 38.2 Å². The summed E-state index contributed by atoms with van der Waals surface area (Å²) < 4.78 is 5.58. The maximum atomic E-state index is 5.62. The number of ether oxygens (including phenoxy) is 1. The molecule has 0 saturated carbocycles. The summed E-state index contributed by atoms with van der Waals surface area (Å²) in [6.07, 6.45) is 8.16. The van der Waals surface area contributed by atoms with E-state index in [1.54, 1.807) is 6.20 Å². The van der Waals surface area contributed by atoms with Gasteiger partial charge in [-0.2, -0.15) is 0 Å². The van der Waals surface area contributed by atoms with E-state index in [4.69, 9.17) is 10.5 Å². The van der Waals surface area contributed by atoms with Gasteiger partial charge in [0, 0.05) is 12.8 Å². The smallest absolute Gasteiger partial charge is 0.123 e. The Balaban J connectivity index is 1.73. The van der Waals surface area contributed by atoms with Gasteiger partial charge in [0.15, 0.2) is 0 Å². The van der Waals surface area contributed by atoms with Gasteiger partial charge < -0.3 is 10.5 Å². The molecule has 1 unspecified atom stereocenters. The van der Waals surface area contributed by atoms with Crippen LogP contribution >= 0.6 is 0 Å². The number of anilines is 1. The second-order valence-electron chi connectivity index (χ2n) is 4.12. The van der Waals surface area contributed by atoms with Crippen LogP contribution in [0.3, 0.4) is 0 Å². The van der Waals surface area contributed by atoms with Crippen molar-refractivity contribution in [2.24, 2.45) is 0 Å². The molecule has 1 aliphatic heterocycles. The standard InChI is InChI=1S/C12H18N2O/c13-12-9-10(6-7-14-12)3-1-4-11-5-2-8-15-11/h6-7,9,11H,1-5,8H2,(H2,13,14). The molecular weight excluding hydrogens is 188 g/mol. The molecule has 15 heavy (non-hydrogen) atoms. The van der Waals surface area contributed by atoms with Crippen molar-refractivity contribution in [2.75, 3.05) is 12.3 Å². The predicted molar refractivity (Wildman–Crippen MR) is 60.6 cm³/mol. The molecule has 2 heterocycles. The Kier molecular flexibility index (Phi) is 3.56. The third-order valence-corrected chi connectivity index (χ3v) is 2.86. The topological polar surface area (TPSA) is 48.1 Å². The molecular formula is C12H18N2O. The van der Waals surface area contributed by atoms with Gasteiger partial charge >= 0.3 is 0 Å². The van der Waals surface area contributed by atoms with Crippen LogP contribution in [0.2, 0.25) is 0 Å². The minimum absolute atomic E-state index is 0.504. The first-order valence-corrected chi connectivity index (χ1v) is 5.66. The van der Waals surface area contributed by atoms with Gasteiger partial charge in [-0.15, -0.1) is 0 Å². The number of aryl methyl sites for hydroxylation is 1. The number of aromatic nitrogens is 1. The van der Waals surface area contributed by atoms with Crippen molar-refractivity contribution >= 4 is 5.82 Å². The summed E-state index contributed by atoms with van der Waals surface area (Å²) in [5, 5.41) is 0. The highest BCUT2D eigenvalue weighted by Crippen LogP contribution is 2.18. The normalized spacial score (nSPS) is 20.7. The van der Waals surface area contributed by atoms with Crippen LogP contribution < -0.4 is 5.73 Å². The first-order valence-electron chi connectivity index (χ1n) is 5.66. The maximum absolute atomic E-state index is 5.62. The molecule has 0 amide bonds. The Hall–Kier alpha value is -1.09. The number of hydrogen-bond acceptors (Lipinski definition) is 3. The third kappa shape index (κ3) is 3.20.